The summed E-state index contributed by atoms with van der Waals surface area (Å²) in [5.74, 6) is -0.337. The Bertz CT molecular complexity index is 1310. The normalized spacial score (nSPS) is 18.1. The van der Waals surface area contributed by atoms with Gasteiger partial charge >= 0.3 is 5.97 Å². The molecular weight excluding hydrogens is 484 g/mol. The first kappa shape index (κ1) is 26.8. The molecule has 1 atom stereocenters. The van der Waals surface area contributed by atoms with Gasteiger partial charge in [-0.1, -0.05) is 81.1 Å². The van der Waals surface area contributed by atoms with Gasteiger partial charge in [-0.15, -0.1) is 0 Å². The van der Waals surface area contributed by atoms with Crippen molar-refractivity contribution in [2.75, 3.05) is 0 Å². The molecule has 5 nitrogen and oxygen atoms in total. The molecule has 194 valence electrons. The number of aryl methyl sites for hydroxylation is 2. The van der Waals surface area contributed by atoms with Crippen LogP contribution in [0.15, 0.2) is 82.3 Å². The number of hydrogen-bond donors (Lipinski definition) is 3. The lowest BCUT2D eigenvalue weighted by molar-refractivity contribution is -0.160. The van der Waals surface area contributed by atoms with E-state index in [2.05, 4.69) is 20.8 Å². The molecule has 1 aliphatic heterocycles. The van der Waals surface area contributed by atoms with E-state index in [-0.39, 0.29) is 34.9 Å². The van der Waals surface area contributed by atoms with E-state index in [1.54, 1.807) is 12.1 Å². The predicted molar refractivity (Wildman–Crippen MR) is 147 cm³/mol. The van der Waals surface area contributed by atoms with Crippen molar-refractivity contribution >= 4 is 17.7 Å². The minimum atomic E-state index is -1.01. The number of phenolic OH excluding ortho intramolecular Hbond substituents is 1. The third-order valence-electron chi connectivity index (χ3n) is 6.87. The molecule has 3 aromatic carbocycles. The molecule has 4 rings (SSSR count). The number of aromatic hydroxyl groups is 1. The quantitative estimate of drug-likeness (QED) is 0.297. The second-order valence-electron chi connectivity index (χ2n) is 10.7. The van der Waals surface area contributed by atoms with Crippen molar-refractivity contribution < 1.29 is 24.9 Å². The SMILES string of the molecule is Cc1cc(SC2=C(O)C[C@@](CCc3ccc(O)cc3)(c3ccccc3)OC2=O)c(C(C)(C)C)cc1CO. The van der Waals surface area contributed by atoms with Crippen LogP contribution in [0.4, 0.5) is 0 Å². The van der Waals surface area contributed by atoms with E-state index in [1.165, 1.54) is 11.8 Å². The van der Waals surface area contributed by atoms with E-state index >= 15 is 0 Å². The van der Waals surface area contributed by atoms with Gasteiger partial charge in [0.1, 0.15) is 22.0 Å². The van der Waals surface area contributed by atoms with Crippen molar-refractivity contribution in [1.29, 1.82) is 0 Å². The smallest absolute Gasteiger partial charge is 0.349 e. The number of esters is 1. The van der Waals surface area contributed by atoms with Gasteiger partial charge in [0.25, 0.3) is 0 Å². The summed E-state index contributed by atoms with van der Waals surface area (Å²) in [6.07, 6.45) is 1.25. The lowest BCUT2D eigenvalue weighted by atomic mass is 9.82. The van der Waals surface area contributed by atoms with Gasteiger partial charge in [-0.3, -0.25) is 0 Å². The van der Waals surface area contributed by atoms with E-state index in [1.807, 2.05) is 61.5 Å². The first-order valence-electron chi connectivity index (χ1n) is 12.4. The van der Waals surface area contributed by atoms with Gasteiger partial charge in [0.2, 0.25) is 0 Å². The summed E-state index contributed by atoms with van der Waals surface area (Å²) in [6, 6.07) is 20.5. The summed E-state index contributed by atoms with van der Waals surface area (Å²) in [4.78, 5) is 14.5. The first-order chi connectivity index (χ1) is 17.5. The number of rotatable bonds is 7. The zero-order valence-electron chi connectivity index (χ0n) is 21.7. The Balaban J connectivity index is 1.70. The number of benzene rings is 3. The number of phenols is 1. The lowest BCUT2D eigenvalue weighted by Crippen LogP contribution is -2.38. The van der Waals surface area contributed by atoms with Crippen LogP contribution in [-0.4, -0.2) is 21.3 Å². The minimum absolute atomic E-state index is 0.0135. The second-order valence-corrected chi connectivity index (χ2v) is 11.7. The molecule has 3 aromatic rings. The Kier molecular flexibility index (Phi) is 7.72. The molecular formula is C31H34O5S. The summed E-state index contributed by atoms with van der Waals surface area (Å²) in [6.45, 7) is 8.12. The van der Waals surface area contributed by atoms with E-state index in [9.17, 15) is 20.1 Å². The van der Waals surface area contributed by atoms with Gasteiger partial charge in [0, 0.05) is 4.90 Å². The fourth-order valence-corrected chi connectivity index (χ4v) is 5.95. The van der Waals surface area contributed by atoms with Crippen molar-refractivity contribution in [3.8, 4) is 5.75 Å². The molecule has 0 saturated heterocycles. The Morgan fingerprint density at radius 1 is 1.00 bits per heavy atom. The van der Waals surface area contributed by atoms with Crippen LogP contribution in [0.1, 0.15) is 61.4 Å². The fourth-order valence-electron chi connectivity index (χ4n) is 4.70. The largest absolute Gasteiger partial charge is 0.511 e. The van der Waals surface area contributed by atoms with E-state index in [0.717, 1.165) is 32.7 Å². The number of aliphatic hydroxyl groups is 2. The van der Waals surface area contributed by atoms with Gasteiger partial charge in [-0.05, 0) is 71.2 Å². The predicted octanol–water partition coefficient (Wildman–Crippen LogP) is 6.83. The number of hydrogen-bond acceptors (Lipinski definition) is 6. The Labute approximate surface area is 222 Å². The monoisotopic (exact) mass is 518 g/mol. The molecule has 3 N–H and O–H groups in total. The fraction of sp³-hybridized carbons (Fsp3) is 0.323. The van der Waals surface area contributed by atoms with Gasteiger partial charge in [0.15, 0.2) is 0 Å². The number of thioether (sulfide) groups is 1. The van der Waals surface area contributed by atoms with Crippen molar-refractivity contribution in [3.63, 3.8) is 0 Å². The summed E-state index contributed by atoms with van der Waals surface area (Å²) in [7, 11) is 0. The molecule has 37 heavy (non-hydrogen) atoms. The summed E-state index contributed by atoms with van der Waals surface area (Å²) in [5.41, 5.74) is 3.36. The highest BCUT2D eigenvalue weighted by molar-refractivity contribution is 8.04. The Hall–Kier alpha value is -3.22. The van der Waals surface area contributed by atoms with Crippen molar-refractivity contribution in [3.05, 3.63) is 105 Å². The maximum Gasteiger partial charge on any atom is 0.349 e. The van der Waals surface area contributed by atoms with Crippen molar-refractivity contribution in [2.45, 2.75) is 69.5 Å². The Morgan fingerprint density at radius 3 is 2.27 bits per heavy atom. The van der Waals surface area contributed by atoms with E-state index in [4.69, 9.17) is 4.74 Å². The third-order valence-corrected chi connectivity index (χ3v) is 8.03. The molecule has 0 bridgehead atoms. The third kappa shape index (κ3) is 5.86. The molecule has 1 heterocycles. The molecule has 0 radical (unpaired) electrons. The van der Waals surface area contributed by atoms with Crippen LogP contribution < -0.4 is 0 Å². The molecule has 0 aliphatic carbocycles. The van der Waals surface area contributed by atoms with Gasteiger partial charge in [0.05, 0.1) is 13.0 Å². The average molecular weight is 519 g/mol. The van der Waals surface area contributed by atoms with Gasteiger partial charge in [-0.25, -0.2) is 4.79 Å². The van der Waals surface area contributed by atoms with Crippen molar-refractivity contribution in [1.82, 2.24) is 0 Å². The Morgan fingerprint density at radius 2 is 1.68 bits per heavy atom. The summed E-state index contributed by atoms with van der Waals surface area (Å²) < 4.78 is 6.19. The number of aliphatic hydroxyl groups excluding tert-OH is 2. The highest BCUT2D eigenvalue weighted by Crippen LogP contribution is 2.46. The average Bonchev–Trinajstić information content (AvgIpc) is 2.86. The number of carbonyl (C=O) groups excluding carboxylic acids is 1. The number of carbonyl (C=O) groups is 1. The maximum absolute atomic E-state index is 13.5. The van der Waals surface area contributed by atoms with Gasteiger partial charge < -0.3 is 20.1 Å². The van der Waals surface area contributed by atoms with Crippen LogP contribution in [0, 0.1) is 6.92 Å². The lowest BCUT2D eigenvalue weighted by Gasteiger charge is -2.38. The number of ether oxygens (including phenoxy) is 1. The molecule has 0 unspecified atom stereocenters. The topological polar surface area (TPSA) is 87.0 Å². The molecule has 0 aromatic heterocycles. The van der Waals surface area contributed by atoms with Crippen LogP contribution in [0.25, 0.3) is 0 Å². The summed E-state index contributed by atoms with van der Waals surface area (Å²) >= 11 is 1.23. The second kappa shape index (κ2) is 10.6. The zero-order chi connectivity index (χ0) is 26.8. The van der Waals surface area contributed by atoms with Crippen LogP contribution >= 0.6 is 11.8 Å². The van der Waals surface area contributed by atoms with Crippen LogP contribution in [0.3, 0.4) is 0 Å². The highest BCUT2D eigenvalue weighted by atomic mass is 32.2. The number of cyclic esters (lactones) is 1. The molecule has 0 saturated carbocycles. The van der Waals surface area contributed by atoms with Crippen LogP contribution in [0.2, 0.25) is 0 Å². The zero-order valence-corrected chi connectivity index (χ0v) is 22.6. The van der Waals surface area contributed by atoms with E-state index in [0.29, 0.717) is 12.8 Å². The van der Waals surface area contributed by atoms with Crippen molar-refractivity contribution in [2.24, 2.45) is 0 Å². The highest BCUT2D eigenvalue weighted by Gasteiger charge is 2.43. The molecule has 6 heteroatoms. The maximum atomic E-state index is 13.5. The molecule has 1 aliphatic rings. The van der Waals surface area contributed by atoms with Crippen LogP contribution in [0.5, 0.6) is 5.75 Å². The first-order valence-corrected chi connectivity index (χ1v) is 13.3. The molecule has 0 amide bonds. The standard InChI is InChI=1S/C31H34O5S/c1-20-16-27(25(30(2,3)4)17-22(20)19-32)37-28-26(34)18-31(36-29(28)35,23-8-6-5-7-9-23)15-14-21-10-12-24(33)13-11-21/h5-13,16-17,32-34H,14-15,18-19H2,1-4H3/t31-/m0/s1. The molecule has 0 spiro atoms. The van der Waals surface area contributed by atoms with Gasteiger partial charge in [-0.2, -0.15) is 0 Å². The summed E-state index contributed by atoms with van der Waals surface area (Å²) in [5, 5.41) is 30.7. The molecule has 0 fully saturated rings. The van der Waals surface area contributed by atoms with Crippen LogP contribution in [-0.2, 0) is 33.6 Å². The minimum Gasteiger partial charge on any atom is -0.511 e. The van der Waals surface area contributed by atoms with E-state index < -0.39 is 11.6 Å².